The van der Waals surface area contributed by atoms with Gasteiger partial charge in [0, 0.05) is 11.8 Å². The van der Waals surface area contributed by atoms with Crippen molar-refractivity contribution >= 4 is 35.0 Å². The van der Waals surface area contributed by atoms with Gasteiger partial charge < -0.3 is 4.74 Å². The number of anilines is 1. The normalized spacial score (nSPS) is 15.6. The van der Waals surface area contributed by atoms with Crippen LogP contribution in [0.1, 0.15) is 26.9 Å². The van der Waals surface area contributed by atoms with E-state index in [4.69, 9.17) is 4.74 Å². The monoisotopic (exact) mass is 452 g/mol. The van der Waals surface area contributed by atoms with E-state index in [1.165, 1.54) is 48.2 Å². The van der Waals surface area contributed by atoms with Crippen molar-refractivity contribution in [1.82, 2.24) is 0 Å². The van der Waals surface area contributed by atoms with Crippen LogP contribution >= 0.6 is 11.8 Å². The predicted octanol–water partition coefficient (Wildman–Crippen LogP) is 5.04. The number of thioether (sulfide) groups is 1. The summed E-state index contributed by atoms with van der Waals surface area (Å²) >= 11 is 1.44. The first kappa shape index (κ1) is 21.5. The Labute approximate surface area is 187 Å². The second-order valence-electron chi connectivity index (χ2n) is 7.12. The first-order valence-electron chi connectivity index (χ1n) is 9.60. The van der Waals surface area contributed by atoms with Crippen LogP contribution in [0.15, 0.2) is 66.7 Å². The minimum Gasteiger partial charge on any atom is -0.423 e. The van der Waals surface area contributed by atoms with Gasteiger partial charge in [0.2, 0.25) is 5.91 Å². The van der Waals surface area contributed by atoms with E-state index in [9.17, 15) is 24.1 Å². The number of rotatable bonds is 5. The molecule has 0 saturated carbocycles. The van der Waals surface area contributed by atoms with Gasteiger partial charge in [-0.15, -0.1) is 11.8 Å². The van der Waals surface area contributed by atoms with E-state index < -0.39 is 10.9 Å². The zero-order chi connectivity index (χ0) is 22.8. The highest BCUT2D eigenvalue weighted by Gasteiger charge is 2.35. The molecular weight excluding hydrogens is 435 g/mol. The summed E-state index contributed by atoms with van der Waals surface area (Å²) < 4.78 is 18.6. The van der Waals surface area contributed by atoms with Crippen molar-refractivity contribution in [2.75, 3.05) is 10.7 Å². The smallest absolute Gasteiger partial charge is 0.343 e. The number of ether oxygens (including phenoxy) is 1. The lowest BCUT2D eigenvalue weighted by atomic mass is 10.1. The van der Waals surface area contributed by atoms with E-state index in [1.807, 2.05) is 0 Å². The maximum atomic E-state index is 13.3. The Hall–Kier alpha value is -3.72. The van der Waals surface area contributed by atoms with E-state index >= 15 is 0 Å². The summed E-state index contributed by atoms with van der Waals surface area (Å²) in [5.41, 5.74) is 2.19. The minimum absolute atomic E-state index is 0.0634. The molecule has 1 fully saturated rings. The Morgan fingerprint density at radius 3 is 2.59 bits per heavy atom. The van der Waals surface area contributed by atoms with Crippen molar-refractivity contribution in [2.24, 2.45) is 0 Å². The predicted molar refractivity (Wildman–Crippen MR) is 118 cm³/mol. The summed E-state index contributed by atoms with van der Waals surface area (Å²) in [5, 5.41) is 10.6. The number of benzene rings is 3. The van der Waals surface area contributed by atoms with Crippen LogP contribution in [0.5, 0.6) is 5.75 Å². The second kappa shape index (κ2) is 8.80. The standard InChI is InChI=1S/C23H17FN2O5S/c1-14-11-16(23(28)31-19-4-2-3-18(12-19)26(29)30)7-10-20(14)25-21(27)13-32-22(25)15-5-8-17(24)9-6-15/h2-12,22H,13H2,1H3. The summed E-state index contributed by atoms with van der Waals surface area (Å²) in [6.45, 7) is 1.78. The molecule has 1 aliphatic heterocycles. The van der Waals surface area contributed by atoms with Crippen LogP contribution in [-0.2, 0) is 4.79 Å². The lowest BCUT2D eigenvalue weighted by Gasteiger charge is -2.26. The topological polar surface area (TPSA) is 89.8 Å². The third kappa shape index (κ3) is 4.33. The van der Waals surface area contributed by atoms with Crippen molar-refractivity contribution in [3.8, 4) is 5.75 Å². The number of halogens is 1. The van der Waals surface area contributed by atoms with Crippen LogP contribution in [0.3, 0.4) is 0 Å². The molecule has 0 bridgehead atoms. The molecule has 3 aromatic carbocycles. The minimum atomic E-state index is -0.669. The van der Waals surface area contributed by atoms with Crippen molar-refractivity contribution in [3.05, 3.63) is 99.4 Å². The Kier molecular flexibility index (Phi) is 5.91. The Morgan fingerprint density at radius 1 is 1.16 bits per heavy atom. The zero-order valence-electron chi connectivity index (χ0n) is 16.9. The molecule has 0 N–H and O–H groups in total. The Morgan fingerprint density at radius 2 is 1.91 bits per heavy atom. The largest absolute Gasteiger partial charge is 0.423 e. The molecule has 1 saturated heterocycles. The van der Waals surface area contributed by atoms with Crippen molar-refractivity contribution < 1.29 is 23.6 Å². The van der Waals surface area contributed by atoms with Gasteiger partial charge in [-0.2, -0.15) is 0 Å². The molecule has 0 aromatic heterocycles. The molecule has 1 heterocycles. The summed E-state index contributed by atoms with van der Waals surface area (Å²) in [5.74, 6) is -0.750. The van der Waals surface area contributed by atoms with Crippen LogP contribution in [0.25, 0.3) is 0 Å². The number of nitro groups is 1. The number of nitrogens with zero attached hydrogens (tertiary/aromatic N) is 2. The van der Waals surface area contributed by atoms with Gasteiger partial charge in [-0.25, -0.2) is 9.18 Å². The second-order valence-corrected chi connectivity index (χ2v) is 8.19. The first-order chi connectivity index (χ1) is 15.3. The van der Waals surface area contributed by atoms with Crippen molar-refractivity contribution in [3.63, 3.8) is 0 Å². The van der Waals surface area contributed by atoms with E-state index in [0.29, 0.717) is 11.3 Å². The highest BCUT2D eigenvalue weighted by atomic mass is 32.2. The molecule has 7 nitrogen and oxygen atoms in total. The Balaban J connectivity index is 1.57. The van der Waals surface area contributed by atoms with Gasteiger partial charge in [0.25, 0.3) is 5.69 Å². The average molecular weight is 452 g/mol. The SMILES string of the molecule is Cc1cc(C(=O)Oc2cccc([N+](=O)[O-])c2)ccc1N1C(=O)CSC1c1ccc(F)cc1. The highest BCUT2D eigenvalue weighted by molar-refractivity contribution is 8.00. The van der Waals surface area contributed by atoms with Gasteiger partial charge in [0.1, 0.15) is 16.9 Å². The maximum Gasteiger partial charge on any atom is 0.343 e. The van der Waals surface area contributed by atoms with Gasteiger partial charge in [0.05, 0.1) is 22.3 Å². The molecule has 1 unspecified atom stereocenters. The van der Waals surface area contributed by atoms with Gasteiger partial charge >= 0.3 is 5.97 Å². The van der Waals surface area contributed by atoms with Crippen molar-refractivity contribution in [1.29, 1.82) is 0 Å². The van der Waals surface area contributed by atoms with E-state index in [-0.39, 0.29) is 39.9 Å². The molecule has 32 heavy (non-hydrogen) atoms. The molecule has 1 aliphatic rings. The molecule has 9 heteroatoms. The summed E-state index contributed by atoms with van der Waals surface area (Å²) in [7, 11) is 0. The molecule has 162 valence electrons. The number of non-ortho nitro benzene ring substituents is 1. The van der Waals surface area contributed by atoms with Crippen LogP contribution < -0.4 is 9.64 Å². The third-order valence-electron chi connectivity index (χ3n) is 4.95. The molecule has 1 amide bonds. The number of esters is 1. The van der Waals surface area contributed by atoms with Crippen LogP contribution in [0, 0.1) is 22.9 Å². The van der Waals surface area contributed by atoms with E-state index in [2.05, 4.69) is 0 Å². The number of hydrogen-bond donors (Lipinski definition) is 0. The average Bonchev–Trinajstić information content (AvgIpc) is 3.15. The third-order valence-corrected chi connectivity index (χ3v) is 6.17. The van der Waals surface area contributed by atoms with Crippen LogP contribution in [-0.4, -0.2) is 22.6 Å². The fourth-order valence-corrected chi connectivity index (χ4v) is 4.61. The Bertz CT molecular complexity index is 1220. The summed E-state index contributed by atoms with van der Waals surface area (Å²) in [6.07, 6.45) is 0. The van der Waals surface area contributed by atoms with Gasteiger partial charge in [-0.05, 0) is 54.4 Å². The van der Waals surface area contributed by atoms with Gasteiger partial charge in [0.15, 0.2) is 0 Å². The quantitative estimate of drug-likeness (QED) is 0.233. The fourth-order valence-electron chi connectivity index (χ4n) is 3.44. The molecule has 0 spiro atoms. The summed E-state index contributed by atoms with van der Waals surface area (Å²) in [6, 6.07) is 16.2. The maximum absolute atomic E-state index is 13.3. The fraction of sp³-hybridized carbons (Fsp3) is 0.130. The number of amides is 1. The molecule has 4 rings (SSSR count). The van der Waals surface area contributed by atoms with Gasteiger partial charge in [-0.1, -0.05) is 18.2 Å². The van der Waals surface area contributed by atoms with E-state index in [1.54, 1.807) is 42.2 Å². The number of carbonyl (C=O) groups is 2. The zero-order valence-corrected chi connectivity index (χ0v) is 17.7. The number of aryl methyl sites for hydroxylation is 1. The lowest BCUT2D eigenvalue weighted by molar-refractivity contribution is -0.384. The molecule has 3 aromatic rings. The molecule has 0 aliphatic carbocycles. The highest BCUT2D eigenvalue weighted by Crippen LogP contribution is 2.42. The molecule has 0 radical (unpaired) electrons. The molecule has 1 atom stereocenters. The van der Waals surface area contributed by atoms with Crippen LogP contribution in [0.4, 0.5) is 15.8 Å². The summed E-state index contributed by atoms with van der Waals surface area (Å²) in [4.78, 5) is 37.1. The lowest BCUT2D eigenvalue weighted by Crippen LogP contribution is -2.28. The first-order valence-corrected chi connectivity index (χ1v) is 10.6. The van der Waals surface area contributed by atoms with Gasteiger partial charge in [-0.3, -0.25) is 19.8 Å². The number of carbonyl (C=O) groups excluding carboxylic acids is 2. The van der Waals surface area contributed by atoms with Crippen LogP contribution in [0.2, 0.25) is 0 Å². The van der Waals surface area contributed by atoms with E-state index in [0.717, 1.165) is 5.56 Å². The van der Waals surface area contributed by atoms with Crippen molar-refractivity contribution in [2.45, 2.75) is 12.3 Å². The number of nitro benzene ring substituents is 1. The molecular formula is C23H17FN2O5S. The number of hydrogen-bond acceptors (Lipinski definition) is 6.